The summed E-state index contributed by atoms with van der Waals surface area (Å²) in [6.45, 7) is 1.12. The Kier molecular flexibility index (Phi) is 3.21. The van der Waals surface area contributed by atoms with Crippen LogP contribution in [0.1, 0.15) is 5.56 Å². The fourth-order valence-corrected chi connectivity index (χ4v) is 3.28. The molecule has 2 aromatic carbocycles. The molecule has 1 aromatic heterocycles. The summed E-state index contributed by atoms with van der Waals surface area (Å²) in [6, 6.07) is 8.93. The van der Waals surface area contributed by atoms with Crippen molar-refractivity contribution >= 4 is 16.9 Å². The van der Waals surface area contributed by atoms with Crippen molar-refractivity contribution in [2.24, 2.45) is 0 Å². The molecule has 0 saturated heterocycles. The summed E-state index contributed by atoms with van der Waals surface area (Å²) in [5.41, 5.74) is 1.86. The first kappa shape index (κ1) is 14.9. The van der Waals surface area contributed by atoms with Crippen molar-refractivity contribution < 1.29 is 33.3 Å². The highest BCUT2D eigenvalue weighted by Crippen LogP contribution is 2.43. The lowest BCUT2D eigenvalue weighted by molar-refractivity contribution is -0.136. The number of carboxylic acids is 1. The molecule has 3 heterocycles. The maximum Gasteiger partial charge on any atom is 0.307 e. The maximum absolute atomic E-state index is 11.4. The van der Waals surface area contributed by atoms with Gasteiger partial charge in [0.25, 0.3) is 0 Å². The molecule has 7 heteroatoms. The number of aliphatic carboxylic acids is 1. The fourth-order valence-electron chi connectivity index (χ4n) is 3.28. The van der Waals surface area contributed by atoms with E-state index in [9.17, 15) is 9.90 Å². The molecule has 5 rings (SSSR count). The Labute approximate surface area is 147 Å². The third-order valence-electron chi connectivity index (χ3n) is 4.42. The zero-order valence-corrected chi connectivity index (χ0v) is 13.6. The van der Waals surface area contributed by atoms with Crippen LogP contribution in [-0.2, 0) is 11.2 Å². The summed E-state index contributed by atoms with van der Waals surface area (Å²) in [6.07, 6.45) is -0.170. The molecule has 0 aliphatic carbocycles. The van der Waals surface area contributed by atoms with E-state index in [-0.39, 0.29) is 13.2 Å². The summed E-state index contributed by atoms with van der Waals surface area (Å²) in [5, 5.41) is 10.1. The Bertz CT molecular complexity index is 1030. The number of hydrogen-bond acceptors (Lipinski definition) is 6. The van der Waals surface area contributed by atoms with E-state index in [2.05, 4.69) is 0 Å². The highest BCUT2D eigenvalue weighted by atomic mass is 16.7. The van der Waals surface area contributed by atoms with E-state index in [1.807, 2.05) is 6.07 Å². The summed E-state index contributed by atoms with van der Waals surface area (Å²) >= 11 is 0. The summed E-state index contributed by atoms with van der Waals surface area (Å²) < 4.78 is 28.0. The van der Waals surface area contributed by atoms with E-state index in [4.69, 9.17) is 23.4 Å². The van der Waals surface area contributed by atoms with Crippen LogP contribution in [0.5, 0.6) is 23.0 Å². The highest BCUT2D eigenvalue weighted by Gasteiger charge is 2.24. The van der Waals surface area contributed by atoms with Crippen molar-refractivity contribution in [1.82, 2.24) is 0 Å². The van der Waals surface area contributed by atoms with E-state index < -0.39 is 5.97 Å². The maximum atomic E-state index is 11.4. The van der Waals surface area contributed by atoms with E-state index >= 15 is 0 Å². The molecule has 0 amide bonds. The lowest BCUT2D eigenvalue weighted by Gasteiger charge is -2.18. The lowest BCUT2D eigenvalue weighted by Crippen LogP contribution is -2.15. The van der Waals surface area contributed by atoms with Crippen LogP contribution in [0.4, 0.5) is 0 Å². The monoisotopic (exact) mass is 354 g/mol. The summed E-state index contributed by atoms with van der Waals surface area (Å²) in [4.78, 5) is 11.4. The minimum atomic E-state index is -0.941. The van der Waals surface area contributed by atoms with E-state index in [1.165, 1.54) is 0 Å². The molecular formula is C19H14O7. The van der Waals surface area contributed by atoms with Gasteiger partial charge in [-0.1, -0.05) is 0 Å². The van der Waals surface area contributed by atoms with Crippen LogP contribution in [0.25, 0.3) is 22.3 Å². The van der Waals surface area contributed by atoms with Crippen LogP contribution >= 0.6 is 0 Å². The number of rotatable bonds is 3. The van der Waals surface area contributed by atoms with Gasteiger partial charge in [0.1, 0.15) is 24.6 Å². The van der Waals surface area contributed by atoms with Crippen molar-refractivity contribution in [1.29, 1.82) is 0 Å². The molecule has 7 nitrogen and oxygen atoms in total. The Balaban J connectivity index is 1.70. The first-order chi connectivity index (χ1) is 12.7. The number of carbonyl (C=O) groups is 1. The third kappa shape index (κ3) is 2.32. The van der Waals surface area contributed by atoms with Gasteiger partial charge in [-0.3, -0.25) is 4.79 Å². The number of fused-ring (bicyclic) bond motifs is 3. The van der Waals surface area contributed by atoms with Gasteiger partial charge in [0.2, 0.25) is 6.79 Å². The average molecular weight is 354 g/mol. The van der Waals surface area contributed by atoms with Gasteiger partial charge in [0.05, 0.1) is 6.42 Å². The first-order valence-electron chi connectivity index (χ1n) is 8.16. The quantitative estimate of drug-likeness (QED) is 0.772. The zero-order valence-electron chi connectivity index (χ0n) is 13.6. The Morgan fingerprint density at radius 1 is 0.923 bits per heavy atom. The number of benzene rings is 2. The average Bonchev–Trinajstić information content (AvgIpc) is 3.23. The van der Waals surface area contributed by atoms with Crippen LogP contribution in [0.15, 0.2) is 34.7 Å². The molecule has 26 heavy (non-hydrogen) atoms. The smallest absolute Gasteiger partial charge is 0.307 e. The van der Waals surface area contributed by atoms with E-state index in [0.717, 1.165) is 5.56 Å². The first-order valence-corrected chi connectivity index (χ1v) is 8.16. The van der Waals surface area contributed by atoms with E-state index in [0.29, 0.717) is 58.5 Å². The van der Waals surface area contributed by atoms with Gasteiger partial charge in [-0.25, -0.2) is 0 Å². The molecule has 0 fully saturated rings. The van der Waals surface area contributed by atoms with Gasteiger partial charge in [-0.2, -0.15) is 0 Å². The van der Waals surface area contributed by atoms with E-state index in [1.54, 1.807) is 24.3 Å². The topological polar surface area (TPSA) is 87.4 Å². The Morgan fingerprint density at radius 3 is 2.46 bits per heavy atom. The van der Waals surface area contributed by atoms with Crippen LogP contribution in [0, 0.1) is 0 Å². The fraction of sp³-hybridized carbons (Fsp3) is 0.211. The molecule has 0 saturated carbocycles. The minimum absolute atomic E-state index is 0.144. The molecular weight excluding hydrogens is 340 g/mol. The van der Waals surface area contributed by atoms with Crippen molar-refractivity contribution in [2.45, 2.75) is 6.42 Å². The van der Waals surface area contributed by atoms with Crippen molar-refractivity contribution in [2.75, 3.05) is 20.0 Å². The van der Waals surface area contributed by atoms with Crippen molar-refractivity contribution in [3.63, 3.8) is 0 Å². The molecule has 0 bridgehead atoms. The number of hydrogen-bond donors (Lipinski definition) is 1. The standard InChI is InChI=1S/C19H14O7/c20-18(21)7-12-11-6-16-17(25-9-24-16)8-14(11)26-19(12)10-1-2-13-15(5-10)23-4-3-22-13/h1-2,5-6,8H,3-4,7,9H2,(H,20,21). The van der Waals surface area contributed by atoms with Crippen LogP contribution in [-0.4, -0.2) is 31.1 Å². The Morgan fingerprint density at radius 2 is 1.65 bits per heavy atom. The highest BCUT2D eigenvalue weighted by molar-refractivity contribution is 5.93. The SMILES string of the molecule is O=C(O)Cc1c(-c2ccc3c(c2)OCCO3)oc2cc3c(cc12)OCO3. The number of carboxylic acid groups (broad SMARTS) is 1. The summed E-state index contributed by atoms with van der Waals surface area (Å²) in [7, 11) is 0. The van der Waals surface area contributed by atoms with Gasteiger partial charge < -0.3 is 28.5 Å². The lowest BCUT2D eigenvalue weighted by atomic mass is 10.0. The predicted molar refractivity (Wildman–Crippen MR) is 90.1 cm³/mol. The van der Waals surface area contributed by atoms with Gasteiger partial charge in [-0.05, 0) is 24.3 Å². The van der Waals surface area contributed by atoms with Gasteiger partial charge in [-0.15, -0.1) is 0 Å². The molecule has 1 N–H and O–H groups in total. The second-order valence-corrected chi connectivity index (χ2v) is 6.04. The van der Waals surface area contributed by atoms with Crippen molar-refractivity contribution in [3.8, 4) is 34.3 Å². The van der Waals surface area contributed by atoms with Gasteiger partial charge >= 0.3 is 5.97 Å². The molecule has 3 aromatic rings. The second kappa shape index (κ2) is 5.59. The second-order valence-electron chi connectivity index (χ2n) is 6.04. The Hall–Kier alpha value is -3.35. The predicted octanol–water partition coefficient (Wildman–Crippen LogP) is 3.23. The number of ether oxygens (including phenoxy) is 4. The summed E-state index contributed by atoms with van der Waals surface area (Å²) in [5.74, 6) is 1.99. The molecule has 0 spiro atoms. The molecule has 2 aliphatic heterocycles. The molecule has 0 atom stereocenters. The van der Waals surface area contributed by atoms with Crippen LogP contribution in [0.2, 0.25) is 0 Å². The molecule has 132 valence electrons. The minimum Gasteiger partial charge on any atom is -0.486 e. The molecule has 2 aliphatic rings. The van der Waals surface area contributed by atoms with Crippen LogP contribution in [0.3, 0.4) is 0 Å². The third-order valence-corrected chi connectivity index (χ3v) is 4.42. The normalized spacial score (nSPS) is 14.6. The van der Waals surface area contributed by atoms with Gasteiger partial charge in [0.15, 0.2) is 23.0 Å². The zero-order chi connectivity index (χ0) is 17.7. The van der Waals surface area contributed by atoms with Crippen LogP contribution < -0.4 is 18.9 Å². The number of furan rings is 1. The molecule has 0 unspecified atom stereocenters. The largest absolute Gasteiger partial charge is 0.486 e. The van der Waals surface area contributed by atoms with Gasteiger partial charge in [0, 0.05) is 22.6 Å². The van der Waals surface area contributed by atoms with Crippen molar-refractivity contribution in [3.05, 3.63) is 35.9 Å². The molecule has 0 radical (unpaired) electrons.